The molecule has 1 aromatic carbocycles. The molecule has 9 heteroatoms. The van der Waals surface area contributed by atoms with Crippen LogP contribution in [0.1, 0.15) is 23.0 Å². The molecule has 0 saturated carbocycles. The van der Waals surface area contributed by atoms with Crippen LogP contribution in [0.15, 0.2) is 28.7 Å². The number of hydrogen-bond donors (Lipinski definition) is 1. The third-order valence-corrected chi connectivity index (χ3v) is 3.29. The highest BCUT2D eigenvalue weighted by Gasteiger charge is 2.30. The molecular weight excluding hydrogens is 343 g/mol. The van der Waals surface area contributed by atoms with Crippen LogP contribution in [0.3, 0.4) is 0 Å². The van der Waals surface area contributed by atoms with Crippen molar-refractivity contribution in [1.29, 1.82) is 0 Å². The van der Waals surface area contributed by atoms with Gasteiger partial charge in [0, 0.05) is 18.1 Å². The Balaban J connectivity index is 2.13. The number of nitrogens with one attached hydrogen (secondary N) is 1. The molecule has 0 radical (unpaired) electrons. The van der Waals surface area contributed by atoms with E-state index in [0.717, 1.165) is 0 Å². The third-order valence-electron chi connectivity index (χ3n) is 3.29. The molecule has 1 amide bonds. The van der Waals surface area contributed by atoms with Crippen LogP contribution in [0.25, 0.3) is 11.0 Å². The highest BCUT2D eigenvalue weighted by atomic mass is 19.4. The normalized spacial score (nSPS) is 12.8. The number of methoxy groups -OCH3 is 1. The van der Waals surface area contributed by atoms with Gasteiger partial charge in [-0.05, 0) is 13.0 Å². The Morgan fingerprint density at radius 3 is 2.60 bits per heavy atom. The number of ether oxygens (including phenoxy) is 2. The minimum Gasteiger partial charge on any atom is -0.449 e. The van der Waals surface area contributed by atoms with Crippen molar-refractivity contribution in [2.75, 3.05) is 13.7 Å². The highest BCUT2D eigenvalue weighted by Crippen LogP contribution is 2.27. The van der Waals surface area contributed by atoms with Crippen molar-refractivity contribution in [3.05, 3.63) is 35.6 Å². The second-order valence-electron chi connectivity index (χ2n) is 5.22. The number of fused-ring (bicyclic) bond motifs is 1. The summed E-state index contributed by atoms with van der Waals surface area (Å²) in [4.78, 5) is 23.8. The van der Waals surface area contributed by atoms with Crippen molar-refractivity contribution in [3.63, 3.8) is 0 Å². The molecule has 1 heterocycles. The lowest BCUT2D eigenvalue weighted by Crippen LogP contribution is -2.40. The number of halogens is 3. The average Bonchev–Trinajstić information content (AvgIpc) is 2.91. The number of hydrogen-bond acceptors (Lipinski definition) is 5. The molecule has 1 aromatic heterocycles. The zero-order valence-electron chi connectivity index (χ0n) is 13.5. The van der Waals surface area contributed by atoms with Crippen molar-refractivity contribution < 1.29 is 36.7 Å². The van der Waals surface area contributed by atoms with Gasteiger partial charge in [-0.15, -0.1) is 0 Å². The van der Waals surface area contributed by atoms with Gasteiger partial charge in [0.05, 0.1) is 6.61 Å². The maximum atomic E-state index is 12.3. The summed E-state index contributed by atoms with van der Waals surface area (Å²) in [5.74, 6) is -2.17. The lowest BCUT2D eigenvalue weighted by atomic mass is 10.1. The second kappa shape index (κ2) is 7.56. The summed E-state index contributed by atoms with van der Waals surface area (Å²) in [5, 5.41) is 2.29. The second-order valence-corrected chi connectivity index (χ2v) is 5.22. The van der Waals surface area contributed by atoms with Crippen LogP contribution in [0.4, 0.5) is 13.2 Å². The van der Waals surface area contributed by atoms with Crippen LogP contribution >= 0.6 is 0 Å². The van der Waals surface area contributed by atoms with Crippen LogP contribution in [-0.2, 0) is 20.9 Å². The molecule has 0 spiro atoms. The summed E-state index contributed by atoms with van der Waals surface area (Å²) < 4.78 is 51.7. The summed E-state index contributed by atoms with van der Waals surface area (Å²) in [7, 11) is 1.43. The minimum absolute atomic E-state index is 0.0656. The molecule has 6 nitrogen and oxygen atoms in total. The van der Waals surface area contributed by atoms with Crippen molar-refractivity contribution in [1.82, 2.24) is 5.32 Å². The first-order valence-electron chi connectivity index (χ1n) is 7.27. The smallest absolute Gasteiger partial charge is 0.405 e. The van der Waals surface area contributed by atoms with Gasteiger partial charge in [-0.2, -0.15) is 13.2 Å². The van der Waals surface area contributed by atoms with Crippen LogP contribution in [0.2, 0.25) is 0 Å². The number of furan rings is 1. The lowest BCUT2D eigenvalue weighted by molar-refractivity contribution is -0.143. The van der Waals surface area contributed by atoms with Gasteiger partial charge in [-0.3, -0.25) is 4.79 Å². The predicted molar refractivity (Wildman–Crippen MR) is 80.9 cm³/mol. The van der Waals surface area contributed by atoms with Crippen LogP contribution in [-0.4, -0.2) is 37.8 Å². The van der Waals surface area contributed by atoms with Crippen molar-refractivity contribution in [3.8, 4) is 0 Å². The molecule has 0 aliphatic heterocycles. The monoisotopic (exact) mass is 359 g/mol. The maximum Gasteiger partial charge on any atom is 0.405 e. The Morgan fingerprint density at radius 2 is 1.96 bits per heavy atom. The highest BCUT2D eigenvalue weighted by molar-refractivity contribution is 5.97. The van der Waals surface area contributed by atoms with Crippen molar-refractivity contribution >= 4 is 22.8 Å². The standard InChI is InChI=1S/C16H16F3NO5/c1-9(14(21)20-8-16(17,18)19)24-15(22)13-11(7-23-2)10-5-3-4-6-12(10)25-13/h3-6,9H,7-8H2,1-2H3,(H,20,21). The van der Waals surface area contributed by atoms with Crippen molar-refractivity contribution in [2.45, 2.75) is 25.8 Å². The number of carbonyl (C=O) groups excluding carboxylic acids is 2. The molecule has 136 valence electrons. The fourth-order valence-electron chi connectivity index (χ4n) is 2.15. The van der Waals surface area contributed by atoms with E-state index in [1.54, 1.807) is 29.6 Å². The van der Waals surface area contributed by atoms with E-state index >= 15 is 0 Å². The molecule has 25 heavy (non-hydrogen) atoms. The Bertz CT molecular complexity index is 769. The van der Waals surface area contributed by atoms with E-state index < -0.39 is 30.7 Å². The molecule has 1 atom stereocenters. The van der Waals surface area contributed by atoms with Gasteiger partial charge in [0.2, 0.25) is 5.76 Å². The molecule has 2 rings (SSSR count). The van der Waals surface area contributed by atoms with Crippen LogP contribution in [0.5, 0.6) is 0 Å². The quantitative estimate of drug-likeness (QED) is 0.803. The number of esters is 1. The summed E-state index contributed by atoms with van der Waals surface area (Å²) >= 11 is 0. The molecule has 0 fully saturated rings. The van der Waals surface area contributed by atoms with Crippen molar-refractivity contribution in [2.24, 2.45) is 0 Å². The zero-order valence-corrected chi connectivity index (χ0v) is 13.5. The average molecular weight is 359 g/mol. The van der Waals surface area contributed by atoms with Crippen LogP contribution < -0.4 is 5.32 Å². The number of carbonyl (C=O) groups is 2. The van der Waals surface area contributed by atoms with E-state index in [1.165, 1.54) is 14.0 Å². The molecular formula is C16H16F3NO5. The fourth-order valence-corrected chi connectivity index (χ4v) is 2.15. The Kier molecular flexibility index (Phi) is 5.68. The third kappa shape index (κ3) is 4.72. The van der Waals surface area contributed by atoms with E-state index in [1.807, 2.05) is 0 Å². The maximum absolute atomic E-state index is 12.3. The predicted octanol–water partition coefficient (Wildman–Crippen LogP) is 2.80. The molecule has 2 aromatic rings. The topological polar surface area (TPSA) is 77.8 Å². The number of amides is 1. The largest absolute Gasteiger partial charge is 0.449 e. The first kappa shape index (κ1) is 18.8. The molecule has 1 N–H and O–H groups in total. The number of para-hydroxylation sites is 1. The number of alkyl halides is 3. The minimum atomic E-state index is -4.55. The first-order valence-corrected chi connectivity index (χ1v) is 7.27. The van der Waals surface area contributed by atoms with E-state index in [-0.39, 0.29) is 12.4 Å². The zero-order chi connectivity index (χ0) is 18.6. The van der Waals surface area contributed by atoms with Gasteiger partial charge in [0.1, 0.15) is 12.1 Å². The molecule has 0 aliphatic rings. The van der Waals surface area contributed by atoms with Crippen LogP contribution in [0, 0.1) is 0 Å². The number of rotatable bonds is 6. The van der Waals surface area contributed by atoms with Gasteiger partial charge >= 0.3 is 12.1 Å². The summed E-state index contributed by atoms with van der Waals surface area (Å²) in [6, 6.07) is 6.83. The number of benzene rings is 1. The molecule has 0 aliphatic carbocycles. The van der Waals surface area contributed by atoms with Gasteiger partial charge < -0.3 is 19.2 Å². The van der Waals surface area contributed by atoms with Gasteiger partial charge in [-0.25, -0.2) is 4.79 Å². The molecule has 0 bridgehead atoms. The van der Waals surface area contributed by atoms with E-state index in [0.29, 0.717) is 16.5 Å². The first-order chi connectivity index (χ1) is 11.7. The molecule has 0 saturated heterocycles. The Hall–Kier alpha value is -2.55. The Morgan fingerprint density at radius 1 is 1.28 bits per heavy atom. The summed E-state index contributed by atoms with van der Waals surface area (Å²) in [6.45, 7) is -0.272. The SMILES string of the molecule is COCc1c(C(=O)OC(C)C(=O)NCC(F)(F)F)oc2ccccc12. The summed E-state index contributed by atoms with van der Waals surface area (Å²) in [6.07, 6.45) is -5.97. The van der Waals surface area contributed by atoms with E-state index in [9.17, 15) is 22.8 Å². The summed E-state index contributed by atoms with van der Waals surface area (Å²) in [5.41, 5.74) is 0.863. The van der Waals surface area contributed by atoms with Gasteiger partial charge in [0.15, 0.2) is 6.10 Å². The van der Waals surface area contributed by atoms with Gasteiger partial charge in [-0.1, -0.05) is 18.2 Å². The van der Waals surface area contributed by atoms with Gasteiger partial charge in [0.25, 0.3) is 5.91 Å². The lowest BCUT2D eigenvalue weighted by Gasteiger charge is -2.14. The Labute approximate surface area is 140 Å². The fraction of sp³-hybridized carbons (Fsp3) is 0.375. The van der Waals surface area contributed by atoms with E-state index in [2.05, 4.69) is 0 Å². The van der Waals surface area contributed by atoms with E-state index in [4.69, 9.17) is 13.9 Å². The molecule has 1 unspecified atom stereocenters.